The number of aryl methyl sites for hydroxylation is 1. The molecule has 1 N–H and O–H groups in total. The van der Waals surface area contributed by atoms with Crippen molar-refractivity contribution in [3.8, 4) is 0 Å². The Kier molecular flexibility index (Phi) is 9.16. The highest BCUT2D eigenvalue weighted by atomic mass is 79.9. The molecule has 1 atom stereocenters. The van der Waals surface area contributed by atoms with Crippen LogP contribution in [0.1, 0.15) is 25.0 Å². The van der Waals surface area contributed by atoms with Gasteiger partial charge < -0.3 is 10.2 Å². The van der Waals surface area contributed by atoms with Crippen LogP contribution in [0.3, 0.4) is 0 Å². The summed E-state index contributed by atoms with van der Waals surface area (Å²) >= 11 is 3.38. The summed E-state index contributed by atoms with van der Waals surface area (Å²) in [6, 6.07) is 10.1. The van der Waals surface area contributed by atoms with Crippen LogP contribution >= 0.6 is 15.9 Å². The van der Waals surface area contributed by atoms with E-state index in [4.69, 9.17) is 0 Å². The second kappa shape index (κ2) is 11.4. The molecule has 0 spiro atoms. The van der Waals surface area contributed by atoms with Gasteiger partial charge in [0, 0.05) is 29.7 Å². The van der Waals surface area contributed by atoms with Gasteiger partial charge in [-0.25, -0.2) is 8.42 Å². The molecule has 2 amide bonds. The van der Waals surface area contributed by atoms with Gasteiger partial charge in [-0.3, -0.25) is 24.0 Å². The summed E-state index contributed by atoms with van der Waals surface area (Å²) in [5.74, 6) is -1.02. The number of likely N-dealkylation sites (N-methyl/N-ethyl adjacent to an activating group) is 1. The Morgan fingerprint density at radius 3 is 2.44 bits per heavy atom. The van der Waals surface area contributed by atoms with E-state index in [2.05, 4.69) is 21.2 Å². The number of carbonyl (C=O) groups is 2. The zero-order valence-electron chi connectivity index (χ0n) is 19.3. The third kappa shape index (κ3) is 7.00. The molecule has 12 heteroatoms. The Labute approximate surface area is 207 Å². The maximum atomic E-state index is 13.4. The number of nitrogens with one attached hydrogen (secondary N) is 1. The van der Waals surface area contributed by atoms with Crippen molar-refractivity contribution >= 4 is 49.1 Å². The zero-order valence-corrected chi connectivity index (χ0v) is 21.7. The van der Waals surface area contributed by atoms with Crippen molar-refractivity contribution in [3.63, 3.8) is 0 Å². The van der Waals surface area contributed by atoms with Gasteiger partial charge in [-0.2, -0.15) is 0 Å². The summed E-state index contributed by atoms with van der Waals surface area (Å²) in [6.45, 7) is 4.70. The Hall–Kier alpha value is -2.99. The molecule has 184 valence electrons. The fraction of sp³-hybridized carbons (Fsp3) is 0.364. The predicted octanol–water partition coefficient (Wildman–Crippen LogP) is 2.99. The van der Waals surface area contributed by atoms with Crippen LogP contribution in [-0.4, -0.2) is 55.4 Å². The van der Waals surface area contributed by atoms with E-state index in [1.807, 2.05) is 6.07 Å². The number of benzene rings is 2. The second-order valence-electron chi connectivity index (χ2n) is 7.72. The van der Waals surface area contributed by atoms with Crippen LogP contribution in [0.15, 0.2) is 46.9 Å². The molecule has 0 unspecified atom stereocenters. The molecule has 0 aliphatic carbocycles. The van der Waals surface area contributed by atoms with E-state index in [1.165, 1.54) is 17.0 Å². The number of nitrogens with zero attached hydrogens (tertiary/aromatic N) is 3. The van der Waals surface area contributed by atoms with Crippen LogP contribution in [0.25, 0.3) is 0 Å². The monoisotopic (exact) mass is 554 g/mol. The zero-order chi connectivity index (χ0) is 25.6. The number of hydrogen-bond donors (Lipinski definition) is 1. The number of amides is 2. The Balaban J connectivity index is 2.48. The van der Waals surface area contributed by atoms with Gasteiger partial charge in [-0.1, -0.05) is 34.1 Å². The van der Waals surface area contributed by atoms with Crippen LogP contribution in [0.2, 0.25) is 0 Å². The van der Waals surface area contributed by atoms with E-state index in [-0.39, 0.29) is 23.8 Å². The minimum Gasteiger partial charge on any atom is -0.355 e. The SMILES string of the molecule is CCNC(=O)[C@H](C)N(Cc1cccc(Br)c1)C(=O)CN(c1cc([N+](=O)[O-])ccc1C)S(C)(=O)=O. The van der Waals surface area contributed by atoms with Crippen molar-refractivity contribution in [2.24, 2.45) is 0 Å². The van der Waals surface area contributed by atoms with E-state index in [9.17, 15) is 28.1 Å². The Morgan fingerprint density at radius 2 is 1.88 bits per heavy atom. The van der Waals surface area contributed by atoms with Crippen LogP contribution < -0.4 is 9.62 Å². The quantitative estimate of drug-likeness (QED) is 0.355. The van der Waals surface area contributed by atoms with Crippen molar-refractivity contribution in [2.75, 3.05) is 23.7 Å². The summed E-state index contributed by atoms with van der Waals surface area (Å²) in [7, 11) is -3.99. The molecular weight excluding hydrogens is 528 g/mol. The molecule has 34 heavy (non-hydrogen) atoms. The number of sulfonamides is 1. The lowest BCUT2D eigenvalue weighted by atomic mass is 10.1. The van der Waals surface area contributed by atoms with Gasteiger partial charge in [0.2, 0.25) is 21.8 Å². The van der Waals surface area contributed by atoms with Gasteiger partial charge >= 0.3 is 0 Å². The molecule has 2 rings (SSSR count). The number of hydrogen-bond acceptors (Lipinski definition) is 6. The normalized spacial score (nSPS) is 12.0. The third-order valence-electron chi connectivity index (χ3n) is 5.11. The fourth-order valence-corrected chi connectivity index (χ4v) is 4.66. The lowest BCUT2D eigenvalue weighted by Gasteiger charge is -2.31. The highest BCUT2D eigenvalue weighted by Gasteiger charge is 2.31. The van der Waals surface area contributed by atoms with E-state index < -0.39 is 33.4 Å². The van der Waals surface area contributed by atoms with E-state index in [1.54, 1.807) is 39.0 Å². The summed E-state index contributed by atoms with van der Waals surface area (Å²) in [5, 5.41) is 13.9. The summed E-state index contributed by atoms with van der Waals surface area (Å²) in [4.78, 5) is 37.9. The predicted molar refractivity (Wildman–Crippen MR) is 133 cm³/mol. The number of nitro benzene ring substituents is 1. The minimum atomic E-state index is -3.99. The molecule has 0 saturated heterocycles. The maximum Gasteiger partial charge on any atom is 0.271 e. The molecule has 2 aromatic rings. The number of halogens is 1. The number of non-ortho nitro benzene ring substituents is 1. The van der Waals surface area contributed by atoms with Crippen LogP contribution in [0.5, 0.6) is 0 Å². The summed E-state index contributed by atoms with van der Waals surface area (Å²) in [6.07, 6.45) is 0.921. The third-order valence-corrected chi connectivity index (χ3v) is 6.73. The van der Waals surface area contributed by atoms with Crippen molar-refractivity contribution in [1.29, 1.82) is 0 Å². The average molecular weight is 555 g/mol. The molecule has 0 heterocycles. The maximum absolute atomic E-state index is 13.4. The van der Waals surface area contributed by atoms with Crippen molar-refractivity contribution in [1.82, 2.24) is 10.2 Å². The van der Waals surface area contributed by atoms with Gasteiger partial charge in [0.25, 0.3) is 5.69 Å². The smallest absolute Gasteiger partial charge is 0.271 e. The van der Waals surface area contributed by atoms with E-state index >= 15 is 0 Å². The highest BCUT2D eigenvalue weighted by Crippen LogP contribution is 2.28. The molecule has 0 aromatic heterocycles. The van der Waals surface area contributed by atoms with E-state index in [0.717, 1.165) is 26.7 Å². The number of carbonyl (C=O) groups excluding carboxylic acids is 2. The van der Waals surface area contributed by atoms with Crippen LogP contribution in [-0.2, 0) is 26.2 Å². The van der Waals surface area contributed by atoms with Gasteiger partial charge in [0.05, 0.1) is 16.9 Å². The first kappa shape index (κ1) is 27.3. The topological polar surface area (TPSA) is 130 Å². The number of anilines is 1. The molecular formula is C22H27BrN4O6S. The molecule has 0 aliphatic heterocycles. The molecule has 0 bridgehead atoms. The summed E-state index contributed by atoms with van der Waals surface area (Å²) in [5.41, 5.74) is 0.900. The van der Waals surface area contributed by atoms with Crippen LogP contribution in [0.4, 0.5) is 11.4 Å². The lowest BCUT2D eigenvalue weighted by molar-refractivity contribution is -0.384. The average Bonchev–Trinajstić information content (AvgIpc) is 2.75. The molecule has 0 saturated carbocycles. The van der Waals surface area contributed by atoms with Crippen LogP contribution in [0, 0.1) is 17.0 Å². The Morgan fingerprint density at radius 1 is 1.21 bits per heavy atom. The number of rotatable bonds is 10. The molecule has 0 radical (unpaired) electrons. The van der Waals surface area contributed by atoms with Gasteiger partial charge in [0.15, 0.2) is 0 Å². The first-order valence-corrected chi connectivity index (χ1v) is 13.0. The molecule has 10 nitrogen and oxygen atoms in total. The molecule has 0 fully saturated rings. The van der Waals surface area contributed by atoms with Crippen molar-refractivity contribution in [2.45, 2.75) is 33.4 Å². The summed E-state index contributed by atoms with van der Waals surface area (Å²) < 4.78 is 26.9. The highest BCUT2D eigenvalue weighted by molar-refractivity contribution is 9.10. The second-order valence-corrected chi connectivity index (χ2v) is 10.5. The van der Waals surface area contributed by atoms with Gasteiger partial charge in [-0.05, 0) is 44.0 Å². The fourth-order valence-electron chi connectivity index (χ4n) is 3.31. The molecule has 2 aromatic carbocycles. The lowest BCUT2D eigenvalue weighted by Crippen LogP contribution is -2.51. The first-order valence-electron chi connectivity index (χ1n) is 10.4. The largest absolute Gasteiger partial charge is 0.355 e. The molecule has 0 aliphatic rings. The Bertz CT molecular complexity index is 1190. The first-order chi connectivity index (χ1) is 15.8. The standard InChI is InChI=1S/C22H27BrN4O6S/c1-5-24-22(29)16(3)25(13-17-7-6-8-18(23)11-17)21(28)14-26(34(4,32)33)20-12-19(27(30)31)10-9-15(20)2/h6-12,16H,5,13-14H2,1-4H3,(H,24,29)/t16-/m0/s1. The van der Waals surface area contributed by atoms with Gasteiger partial charge in [0.1, 0.15) is 12.6 Å². The number of nitro groups is 1. The van der Waals surface area contributed by atoms with Crippen molar-refractivity contribution < 1.29 is 22.9 Å². The minimum absolute atomic E-state index is 0.0260. The van der Waals surface area contributed by atoms with Crippen molar-refractivity contribution in [3.05, 3.63) is 68.2 Å². The van der Waals surface area contributed by atoms with E-state index in [0.29, 0.717) is 12.1 Å². The van der Waals surface area contributed by atoms with Gasteiger partial charge in [-0.15, -0.1) is 0 Å².